The zero-order valence-electron chi connectivity index (χ0n) is 8.21. The predicted octanol–water partition coefficient (Wildman–Crippen LogP) is 4.87. The molecule has 0 N–H and O–H groups in total. The highest BCUT2D eigenvalue weighted by molar-refractivity contribution is 9.10. The van der Waals surface area contributed by atoms with Crippen LogP contribution >= 0.6 is 55.4 Å². The molecule has 0 saturated carbocycles. The highest BCUT2D eigenvalue weighted by Crippen LogP contribution is 2.51. The summed E-state index contributed by atoms with van der Waals surface area (Å²) in [5.74, 6) is 2.54. The van der Waals surface area contributed by atoms with E-state index in [1.165, 1.54) is 23.5 Å². The molecule has 0 aromatic heterocycles. The highest BCUT2D eigenvalue weighted by Gasteiger charge is 2.34. The summed E-state index contributed by atoms with van der Waals surface area (Å²) >= 11 is 11.3. The van der Waals surface area contributed by atoms with Gasteiger partial charge < -0.3 is 0 Å². The number of benzene rings is 1. The van der Waals surface area contributed by atoms with Crippen molar-refractivity contribution in [1.82, 2.24) is 0 Å². The summed E-state index contributed by atoms with van der Waals surface area (Å²) in [6.07, 6.45) is 1.33. The number of hydrogen-bond donors (Lipinski definition) is 0. The van der Waals surface area contributed by atoms with Crippen LogP contribution in [0, 0.1) is 0 Å². The molecule has 1 aliphatic rings. The molecule has 0 unspecified atom stereocenters. The molecular weight excluding hydrogens is 356 g/mol. The van der Waals surface area contributed by atoms with Crippen LogP contribution in [0.4, 0.5) is 0 Å². The van der Waals surface area contributed by atoms with Crippen molar-refractivity contribution in [2.24, 2.45) is 0 Å². The molecule has 1 fully saturated rings. The minimum atomic E-state index is 0.235. The van der Waals surface area contributed by atoms with Crippen LogP contribution in [-0.2, 0) is 4.08 Å². The van der Waals surface area contributed by atoms with Crippen LogP contribution in [0.1, 0.15) is 12.0 Å². The molecule has 0 bridgehead atoms. The molecule has 82 valence electrons. The molecule has 0 spiro atoms. The van der Waals surface area contributed by atoms with Crippen LogP contribution in [-0.4, -0.2) is 16.8 Å². The second kappa shape index (κ2) is 5.48. The molecular formula is C11H12Br2S2. The van der Waals surface area contributed by atoms with Gasteiger partial charge in [0.1, 0.15) is 0 Å². The van der Waals surface area contributed by atoms with Gasteiger partial charge in [-0.05, 0) is 35.6 Å². The maximum absolute atomic E-state index is 3.67. The maximum Gasteiger partial charge on any atom is 0.0956 e. The van der Waals surface area contributed by atoms with E-state index < -0.39 is 0 Å². The van der Waals surface area contributed by atoms with Crippen molar-refractivity contribution in [3.05, 3.63) is 34.3 Å². The Morgan fingerprint density at radius 1 is 1.13 bits per heavy atom. The Bertz CT molecular complexity index is 318. The first-order valence-corrected chi connectivity index (χ1v) is 8.75. The summed E-state index contributed by atoms with van der Waals surface area (Å²) in [6, 6.07) is 8.73. The van der Waals surface area contributed by atoms with Crippen molar-refractivity contribution in [3.63, 3.8) is 0 Å². The third-order valence-corrected chi connectivity index (χ3v) is 7.92. The van der Waals surface area contributed by atoms with Crippen molar-refractivity contribution in [1.29, 1.82) is 0 Å². The summed E-state index contributed by atoms with van der Waals surface area (Å²) in [5, 5.41) is 1.02. The second-order valence-corrected chi connectivity index (χ2v) is 7.97. The first-order chi connectivity index (χ1) is 7.27. The molecule has 1 aromatic rings. The van der Waals surface area contributed by atoms with Crippen LogP contribution in [0.25, 0.3) is 0 Å². The van der Waals surface area contributed by atoms with E-state index in [0.29, 0.717) is 0 Å². The van der Waals surface area contributed by atoms with E-state index in [-0.39, 0.29) is 4.08 Å². The standard InChI is InChI=1S/C11H12Br2S2/c12-8-11(14-6-1-7-15-11)9-2-4-10(13)5-3-9/h2-5H,1,6-8H2. The lowest BCUT2D eigenvalue weighted by Crippen LogP contribution is -2.24. The molecule has 0 atom stereocenters. The van der Waals surface area contributed by atoms with Gasteiger partial charge in [0.05, 0.1) is 4.08 Å². The van der Waals surface area contributed by atoms with Crippen molar-refractivity contribution >= 4 is 55.4 Å². The molecule has 1 heterocycles. The Morgan fingerprint density at radius 3 is 2.27 bits per heavy atom. The van der Waals surface area contributed by atoms with Gasteiger partial charge in [0.2, 0.25) is 0 Å². The van der Waals surface area contributed by atoms with Gasteiger partial charge in [0, 0.05) is 9.80 Å². The van der Waals surface area contributed by atoms with E-state index in [9.17, 15) is 0 Å². The minimum Gasteiger partial charge on any atom is -0.138 e. The molecule has 0 aliphatic carbocycles. The number of hydrogen-bond acceptors (Lipinski definition) is 2. The summed E-state index contributed by atoms with van der Waals surface area (Å²) in [6.45, 7) is 0. The predicted molar refractivity (Wildman–Crippen MR) is 79.1 cm³/mol. The van der Waals surface area contributed by atoms with Crippen LogP contribution in [0.5, 0.6) is 0 Å². The highest BCUT2D eigenvalue weighted by atomic mass is 79.9. The minimum absolute atomic E-state index is 0.235. The molecule has 4 heteroatoms. The largest absolute Gasteiger partial charge is 0.138 e. The molecule has 15 heavy (non-hydrogen) atoms. The lowest BCUT2D eigenvalue weighted by atomic mass is 10.2. The lowest BCUT2D eigenvalue weighted by Gasteiger charge is -2.35. The number of halogens is 2. The zero-order chi connectivity index (χ0) is 10.7. The fourth-order valence-corrected chi connectivity index (χ4v) is 6.17. The first-order valence-electron chi connectivity index (χ1n) is 4.87. The van der Waals surface area contributed by atoms with Gasteiger partial charge in [0.15, 0.2) is 0 Å². The van der Waals surface area contributed by atoms with Gasteiger partial charge in [-0.15, -0.1) is 23.5 Å². The third kappa shape index (κ3) is 2.76. The Hall–Kier alpha value is 0.880. The van der Waals surface area contributed by atoms with Gasteiger partial charge in [-0.3, -0.25) is 0 Å². The van der Waals surface area contributed by atoms with E-state index in [2.05, 4.69) is 79.6 Å². The monoisotopic (exact) mass is 366 g/mol. The van der Waals surface area contributed by atoms with E-state index >= 15 is 0 Å². The van der Waals surface area contributed by atoms with E-state index in [1.54, 1.807) is 0 Å². The van der Waals surface area contributed by atoms with Gasteiger partial charge in [-0.25, -0.2) is 0 Å². The Balaban J connectivity index is 2.28. The average molecular weight is 368 g/mol. The maximum atomic E-state index is 3.67. The molecule has 1 saturated heterocycles. The van der Waals surface area contributed by atoms with E-state index in [4.69, 9.17) is 0 Å². The summed E-state index contributed by atoms with van der Waals surface area (Å²) in [7, 11) is 0. The van der Waals surface area contributed by atoms with E-state index in [0.717, 1.165) is 9.80 Å². The van der Waals surface area contributed by atoms with Gasteiger partial charge >= 0.3 is 0 Å². The van der Waals surface area contributed by atoms with Crippen LogP contribution in [0.2, 0.25) is 0 Å². The Morgan fingerprint density at radius 2 is 1.73 bits per heavy atom. The van der Waals surface area contributed by atoms with Crippen molar-refractivity contribution in [3.8, 4) is 0 Å². The Kier molecular flexibility index (Phi) is 4.50. The molecule has 0 amide bonds. The average Bonchev–Trinajstić information content (AvgIpc) is 2.31. The fourth-order valence-electron chi connectivity index (χ4n) is 1.60. The molecule has 1 aliphatic heterocycles. The van der Waals surface area contributed by atoms with Gasteiger partial charge in [-0.2, -0.15) is 0 Å². The zero-order valence-corrected chi connectivity index (χ0v) is 13.0. The number of thioether (sulfide) groups is 2. The molecule has 0 radical (unpaired) electrons. The van der Waals surface area contributed by atoms with Crippen molar-refractivity contribution in [2.75, 3.05) is 16.8 Å². The summed E-state index contributed by atoms with van der Waals surface area (Å²) in [5.41, 5.74) is 1.43. The molecule has 0 nitrogen and oxygen atoms in total. The first kappa shape index (κ1) is 12.3. The van der Waals surface area contributed by atoms with Crippen molar-refractivity contribution in [2.45, 2.75) is 10.5 Å². The Labute approximate surface area is 116 Å². The molecule has 1 aromatic carbocycles. The number of rotatable bonds is 2. The quantitative estimate of drug-likeness (QED) is 0.684. The lowest BCUT2D eigenvalue weighted by molar-refractivity contribution is 0.981. The normalized spacial score (nSPS) is 20.1. The van der Waals surface area contributed by atoms with Gasteiger partial charge in [0.25, 0.3) is 0 Å². The second-order valence-electron chi connectivity index (χ2n) is 3.44. The van der Waals surface area contributed by atoms with Crippen LogP contribution in [0.3, 0.4) is 0 Å². The topological polar surface area (TPSA) is 0 Å². The third-order valence-electron chi connectivity index (χ3n) is 2.42. The SMILES string of the molecule is BrCC1(c2ccc(Br)cc2)SCCCS1. The number of alkyl halides is 1. The van der Waals surface area contributed by atoms with Crippen LogP contribution in [0.15, 0.2) is 28.7 Å². The van der Waals surface area contributed by atoms with Crippen LogP contribution < -0.4 is 0 Å². The van der Waals surface area contributed by atoms with Crippen molar-refractivity contribution < 1.29 is 0 Å². The fraction of sp³-hybridized carbons (Fsp3) is 0.455. The van der Waals surface area contributed by atoms with E-state index in [1.807, 2.05) is 0 Å². The summed E-state index contributed by atoms with van der Waals surface area (Å²) < 4.78 is 1.39. The molecule has 2 rings (SSSR count). The summed E-state index contributed by atoms with van der Waals surface area (Å²) in [4.78, 5) is 0. The smallest absolute Gasteiger partial charge is 0.0956 e. The van der Waals surface area contributed by atoms with Gasteiger partial charge in [-0.1, -0.05) is 44.0 Å².